The summed E-state index contributed by atoms with van der Waals surface area (Å²) in [7, 11) is 0. The topological polar surface area (TPSA) is 63.0 Å². The van der Waals surface area contributed by atoms with E-state index in [2.05, 4.69) is 9.88 Å². The molecule has 0 bridgehead atoms. The minimum atomic E-state index is -0.0963. The van der Waals surface area contributed by atoms with Gasteiger partial charge in [0, 0.05) is 32.4 Å². The lowest BCUT2D eigenvalue weighted by Crippen LogP contribution is -2.39. The quantitative estimate of drug-likeness (QED) is 0.401. The van der Waals surface area contributed by atoms with E-state index in [1.807, 2.05) is 54.8 Å². The fourth-order valence-corrected chi connectivity index (χ4v) is 5.61. The summed E-state index contributed by atoms with van der Waals surface area (Å²) in [5.41, 5.74) is 3.93. The molecule has 1 saturated heterocycles. The largest absolute Gasteiger partial charge is 0.379 e. The number of anilines is 1. The maximum Gasteiger partial charge on any atom is 0.278 e. The van der Waals surface area contributed by atoms with Crippen molar-refractivity contribution in [1.29, 1.82) is 0 Å². The van der Waals surface area contributed by atoms with Gasteiger partial charge >= 0.3 is 0 Å². The number of carbonyl (C=O) groups excluding carboxylic acids is 1. The first-order valence-corrected chi connectivity index (χ1v) is 12.3. The molecule has 0 aliphatic carbocycles. The highest BCUT2D eigenvalue weighted by Gasteiger charge is 2.27. The average Bonchev–Trinajstić information content (AvgIpc) is 3.41. The molecule has 0 spiro atoms. The molecule has 0 radical (unpaired) electrons. The van der Waals surface area contributed by atoms with Crippen molar-refractivity contribution in [2.24, 2.45) is 0 Å². The molecule has 5 rings (SSSR count). The number of imidazole rings is 1. The maximum absolute atomic E-state index is 13.9. The molecular formula is C24H26ClN5O2S. The Hall–Kier alpha value is -2.52. The van der Waals surface area contributed by atoms with Crippen LogP contribution in [0, 0.1) is 13.8 Å². The van der Waals surface area contributed by atoms with Crippen LogP contribution in [0.25, 0.3) is 15.9 Å². The van der Waals surface area contributed by atoms with E-state index in [9.17, 15) is 4.79 Å². The first-order chi connectivity index (χ1) is 16.0. The van der Waals surface area contributed by atoms with Gasteiger partial charge in [0.1, 0.15) is 11.3 Å². The summed E-state index contributed by atoms with van der Waals surface area (Å²) in [4.78, 5) is 27.6. The zero-order chi connectivity index (χ0) is 22.9. The Morgan fingerprint density at radius 2 is 2.00 bits per heavy atom. The number of fused-ring (bicyclic) bond motifs is 2. The highest BCUT2D eigenvalue weighted by molar-refractivity contribution is 7.23. The van der Waals surface area contributed by atoms with Crippen LogP contribution in [0.2, 0.25) is 5.02 Å². The number of hydrogen-bond acceptors (Lipinski definition) is 6. The third kappa shape index (κ3) is 4.36. The number of aryl methyl sites for hydroxylation is 2. The van der Waals surface area contributed by atoms with E-state index >= 15 is 0 Å². The van der Waals surface area contributed by atoms with E-state index in [1.165, 1.54) is 11.3 Å². The molecule has 1 aliphatic heterocycles. The predicted octanol–water partition coefficient (Wildman–Crippen LogP) is 4.58. The van der Waals surface area contributed by atoms with E-state index in [1.54, 1.807) is 4.90 Å². The van der Waals surface area contributed by atoms with Crippen molar-refractivity contribution in [1.82, 2.24) is 19.3 Å². The Bertz CT molecular complexity index is 1270. The lowest BCUT2D eigenvalue weighted by Gasteiger charge is -2.27. The molecule has 7 nitrogen and oxygen atoms in total. The van der Waals surface area contributed by atoms with Crippen molar-refractivity contribution in [3.63, 3.8) is 0 Å². The number of ether oxygens (including phenoxy) is 1. The molecule has 1 amide bonds. The molecule has 33 heavy (non-hydrogen) atoms. The molecular weight excluding hydrogens is 458 g/mol. The Morgan fingerprint density at radius 3 is 2.79 bits per heavy atom. The van der Waals surface area contributed by atoms with Crippen LogP contribution < -0.4 is 4.90 Å². The van der Waals surface area contributed by atoms with Crippen molar-refractivity contribution in [2.75, 3.05) is 44.3 Å². The van der Waals surface area contributed by atoms with Crippen LogP contribution in [0.3, 0.4) is 0 Å². The normalized spacial score (nSPS) is 14.9. The van der Waals surface area contributed by atoms with Crippen molar-refractivity contribution in [2.45, 2.75) is 20.3 Å². The smallest absolute Gasteiger partial charge is 0.278 e. The van der Waals surface area contributed by atoms with E-state index < -0.39 is 0 Å². The number of carbonyl (C=O) groups is 1. The van der Waals surface area contributed by atoms with Crippen LogP contribution in [0.1, 0.15) is 28.2 Å². The fraction of sp³-hybridized carbons (Fsp3) is 0.375. The number of rotatable bonds is 6. The van der Waals surface area contributed by atoms with Crippen LogP contribution in [0.5, 0.6) is 0 Å². The Morgan fingerprint density at radius 1 is 1.18 bits per heavy atom. The van der Waals surface area contributed by atoms with Gasteiger partial charge in [-0.25, -0.2) is 9.97 Å². The third-order valence-electron chi connectivity index (χ3n) is 6.03. The molecule has 9 heteroatoms. The minimum absolute atomic E-state index is 0.0963. The summed E-state index contributed by atoms with van der Waals surface area (Å²) in [6.07, 6.45) is 2.72. The van der Waals surface area contributed by atoms with Crippen molar-refractivity contribution >= 4 is 49.8 Å². The van der Waals surface area contributed by atoms with Gasteiger partial charge in [-0.2, -0.15) is 0 Å². The van der Waals surface area contributed by atoms with Gasteiger partial charge in [0.25, 0.3) is 5.91 Å². The molecule has 0 saturated carbocycles. The van der Waals surface area contributed by atoms with Crippen LogP contribution in [-0.4, -0.2) is 64.6 Å². The molecule has 1 aromatic carbocycles. The summed E-state index contributed by atoms with van der Waals surface area (Å²) < 4.78 is 8.23. The van der Waals surface area contributed by atoms with Gasteiger partial charge in [-0.05, 0) is 44.0 Å². The van der Waals surface area contributed by atoms with E-state index in [0.29, 0.717) is 28.1 Å². The van der Waals surface area contributed by atoms with Gasteiger partial charge in [0.2, 0.25) is 0 Å². The van der Waals surface area contributed by atoms with Crippen LogP contribution in [-0.2, 0) is 4.74 Å². The Labute approximate surface area is 201 Å². The highest BCUT2D eigenvalue weighted by atomic mass is 35.5. The molecule has 172 valence electrons. The Kier molecular flexibility index (Phi) is 6.34. The number of nitrogens with zero attached hydrogens (tertiary/aromatic N) is 5. The number of halogens is 1. The molecule has 0 unspecified atom stereocenters. The summed E-state index contributed by atoms with van der Waals surface area (Å²) in [6.45, 7) is 8.74. The van der Waals surface area contributed by atoms with E-state index in [0.717, 1.165) is 60.7 Å². The summed E-state index contributed by atoms with van der Waals surface area (Å²) >= 11 is 7.94. The van der Waals surface area contributed by atoms with Gasteiger partial charge in [-0.15, -0.1) is 0 Å². The second-order valence-electron chi connectivity index (χ2n) is 8.28. The number of aromatic nitrogens is 3. The van der Waals surface area contributed by atoms with Crippen LogP contribution >= 0.6 is 22.9 Å². The van der Waals surface area contributed by atoms with Gasteiger partial charge in [-0.1, -0.05) is 35.1 Å². The second kappa shape index (κ2) is 9.38. The highest BCUT2D eigenvalue weighted by Crippen LogP contribution is 2.36. The molecule has 4 aromatic rings. The summed E-state index contributed by atoms with van der Waals surface area (Å²) in [5, 5.41) is 1.32. The zero-order valence-corrected chi connectivity index (χ0v) is 20.3. The second-order valence-corrected chi connectivity index (χ2v) is 9.66. The van der Waals surface area contributed by atoms with Gasteiger partial charge < -0.3 is 4.74 Å². The van der Waals surface area contributed by atoms with Gasteiger partial charge in [0.05, 0.1) is 34.1 Å². The lowest BCUT2D eigenvalue weighted by molar-refractivity contribution is 0.0376. The van der Waals surface area contributed by atoms with Crippen molar-refractivity contribution < 1.29 is 9.53 Å². The summed E-state index contributed by atoms with van der Waals surface area (Å²) in [5.74, 6) is -0.0963. The van der Waals surface area contributed by atoms with Crippen molar-refractivity contribution in [3.8, 4) is 0 Å². The van der Waals surface area contributed by atoms with Crippen LogP contribution in [0.15, 0.2) is 36.5 Å². The first kappa shape index (κ1) is 22.3. The van der Waals surface area contributed by atoms with E-state index in [4.69, 9.17) is 21.3 Å². The molecule has 0 atom stereocenters. The van der Waals surface area contributed by atoms with Gasteiger partial charge in [0.15, 0.2) is 5.13 Å². The van der Waals surface area contributed by atoms with Crippen molar-refractivity contribution in [3.05, 3.63) is 58.5 Å². The SMILES string of the molecule is Cc1nc2ccccn2c1C(=O)N(CCCN1CCOCC1)c1nc2c(C)ccc(Cl)c2s1. The maximum atomic E-state index is 13.9. The zero-order valence-electron chi connectivity index (χ0n) is 18.8. The number of amides is 1. The molecule has 1 fully saturated rings. The molecule has 1 aliphatic rings. The number of morpholine rings is 1. The summed E-state index contributed by atoms with van der Waals surface area (Å²) in [6, 6.07) is 9.60. The molecule has 0 N–H and O–H groups in total. The van der Waals surface area contributed by atoms with Crippen LogP contribution in [0.4, 0.5) is 5.13 Å². The van der Waals surface area contributed by atoms with Gasteiger partial charge in [-0.3, -0.25) is 19.0 Å². The molecule has 4 heterocycles. The first-order valence-electron chi connectivity index (χ1n) is 11.1. The number of hydrogen-bond donors (Lipinski definition) is 0. The van der Waals surface area contributed by atoms with E-state index in [-0.39, 0.29) is 5.91 Å². The third-order valence-corrected chi connectivity index (χ3v) is 7.57. The standard InChI is InChI=1S/C24H26ClN5O2S/c1-16-7-8-18(25)22-20(16)27-24(33-22)30(11-5-9-28-12-14-32-15-13-28)23(31)21-17(2)26-19-6-3-4-10-29(19)21/h3-4,6-8,10H,5,9,11-15H2,1-2H3. The predicted molar refractivity (Wildman–Crippen MR) is 133 cm³/mol. The lowest BCUT2D eigenvalue weighted by atomic mass is 10.2. The monoisotopic (exact) mass is 483 g/mol. The molecule has 3 aromatic heterocycles. The number of pyridine rings is 1. The minimum Gasteiger partial charge on any atom is -0.379 e. The number of benzene rings is 1. The Balaban J connectivity index is 1.50. The average molecular weight is 484 g/mol. The number of thiazole rings is 1. The fourth-order valence-electron chi connectivity index (χ4n) is 4.27.